The molecule has 1 aromatic heterocycles. The van der Waals surface area contributed by atoms with Gasteiger partial charge in [-0.3, -0.25) is 14.4 Å². The Morgan fingerprint density at radius 1 is 0.973 bits per heavy atom. The van der Waals surface area contributed by atoms with Gasteiger partial charge in [0.25, 0.3) is 17.7 Å². The van der Waals surface area contributed by atoms with Crippen molar-refractivity contribution in [2.75, 3.05) is 33.3 Å². The molecule has 1 aliphatic rings. The van der Waals surface area contributed by atoms with Gasteiger partial charge in [0.2, 0.25) is 15.2 Å². The van der Waals surface area contributed by atoms with Crippen LogP contribution < -0.4 is 10.1 Å². The van der Waals surface area contributed by atoms with Crippen LogP contribution in [0.25, 0.3) is 0 Å². The minimum atomic E-state index is -4.46. The summed E-state index contributed by atoms with van der Waals surface area (Å²) in [6.45, 7) is 0.385. The largest absolute Gasteiger partial charge is 0.497 e. The fourth-order valence-corrected chi connectivity index (χ4v) is 5.33. The molecule has 0 unspecified atom stereocenters. The maximum atomic E-state index is 13.4. The number of hydrogen-bond acceptors (Lipinski definition) is 7. The lowest BCUT2D eigenvalue weighted by Crippen LogP contribution is -2.57. The van der Waals surface area contributed by atoms with E-state index in [1.165, 1.54) is 30.4 Å². The molecule has 10 nitrogen and oxygen atoms in total. The fourth-order valence-electron chi connectivity index (χ4n) is 3.86. The zero-order chi connectivity index (χ0) is 26.6. The lowest BCUT2D eigenvalue weighted by atomic mass is 10.1. The quantitative estimate of drug-likeness (QED) is 0.464. The average Bonchev–Trinajstić information content (AvgIpc) is 3.46. The number of nitrogens with zero attached hydrogens (tertiary/aromatic N) is 2. The van der Waals surface area contributed by atoms with Crippen LogP contribution in [0, 0.1) is 5.82 Å². The summed E-state index contributed by atoms with van der Waals surface area (Å²) in [4.78, 5) is 41.4. The highest BCUT2D eigenvalue weighted by atomic mass is 32.2. The second kappa shape index (κ2) is 10.8. The number of furan rings is 1. The van der Waals surface area contributed by atoms with Crippen LogP contribution in [0.1, 0.15) is 20.9 Å². The third-order valence-corrected chi connectivity index (χ3v) is 7.75. The molecule has 12 heteroatoms. The molecule has 1 saturated heterocycles. The van der Waals surface area contributed by atoms with E-state index in [0.717, 1.165) is 24.3 Å². The smallest absolute Gasteiger partial charge is 0.288 e. The first-order chi connectivity index (χ1) is 17.7. The Bertz CT molecular complexity index is 1380. The lowest BCUT2D eigenvalue weighted by Gasteiger charge is -2.36. The average molecular weight is 530 g/mol. The number of hydrogen-bond donors (Lipinski definition) is 1. The lowest BCUT2D eigenvalue weighted by molar-refractivity contribution is -0.132. The van der Waals surface area contributed by atoms with Crippen molar-refractivity contribution in [3.63, 3.8) is 0 Å². The first-order valence-electron chi connectivity index (χ1n) is 11.3. The van der Waals surface area contributed by atoms with E-state index in [2.05, 4.69) is 5.32 Å². The molecule has 194 valence electrons. The number of piperazine rings is 1. The van der Waals surface area contributed by atoms with E-state index in [1.807, 2.05) is 0 Å². The highest BCUT2D eigenvalue weighted by Crippen LogP contribution is 2.20. The van der Waals surface area contributed by atoms with Crippen molar-refractivity contribution in [2.45, 2.75) is 10.3 Å². The highest BCUT2D eigenvalue weighted by molar-refractivity contribution is 7.92. The Hall–Kier alpha value is -4.19. The predicted octanol–water partition coefficient (Wildman–Crippen LogP) is 1.94. The number of carbonyl (C=O) groups is 3. The summed E-state index contributed by atoms with van der Waals surface area (Å²) in [6.07, 6.45) is 1.23. The standard InChI is InChI=1S/C25H24FN3O7S/c1-35-19-5-2-4-17(16-19)24(31)28-11-13-29(14-12-28)25(32)23(27-22(30)21-6-3-15-36-21)37(33,34)20-9-7-18(26)8-10-20/h2-10,15-16,23H,11-14H2,1H3,(H,27,30)/t23-/m1/s1. The molecule has 3 aromatic rings. The van der Waals surface area contributed by atoms with Gasteiger partial charge in [0.05, 0.1) is 18.3 Å². The number of halogens is 1. The van der Waals surface area contributed by atoms with Crippen molar-refractivity contribution in [1.29, 1.82) is 0 Å². The van der Waals surface area contributed by atoms with Crippen LogP contribution in [0.5, 0.6) is 5.75 Å². The van der Waals surface area contributed by atoms with Crippen molar-refractivity contribution in [3.05, 3.63) is 84.1 Å². The van der Waals surface area contributed by atoms with Crippen LogP contribution in [0.4, 0.5) is 4.39 Å². The van der Waals surface area contributed by atoms with Gasteiger partial charge in [-0.05, 0) is 54.6 Å². The Balaban J connectivity index is 1.52. The van der Waals surface area contributed by atoms with Crippen LogP contribution in [0.3, 0.4) is 0 Å². The number of carbonyl (C=O) groups excluding carboxylic acids is 3. The van der Waals surface area contributed by atoms with Crippen molar-refractivity contribution in [1.82, 2.24) is 15.1 Å². The van der Waals surface area contributed by atoms with Crippen LogP contribution in [0.2, 0.25) is 0 Å². The molecule has 1 atom stereocenters. The Morgan fingerprint density at radius 2 is 1.65 bits per heavy atom. The number of amides is 3. The second-order valence-electron chi connectivity index (χ2n) is 8.18. The zero-order valence-corrected chi connectivity index (χ0v) is 20.6. The summed E-state index contributed by atoms with van der Waals surface area (Å²) in [5.74, 6) is -2.34. The van der Waals surface area contributed by atoms with E-state index in [0.29, 0.717) is 11.3 Å². The number of rotatable bonds is 7. The first kappa shape index (κ1) is 25.9. The summed E-state index contributed by atoms with van der Waals surface area (Å²) < 4.78 is 50.3. The molecule has 0 spiro atoms. The molecule has 2 aromatic carbocycles. The van der Waals surface area contributed by atoms with Gasteiger partial charge in [0.1, 0.15) is 11.6 Å². The third kappa shape index (κ3) is 5.64. The van der Waals surface area contributed by atoms with E-state index in [9.17, 15) is 27.2 Å². The third-order valence-electron chi connectivity index (χ3n) is 5.88. The van der Waals surface area contributed by atoms with Gasteiger partial charge in [0, 0.05) is 31.7 Å². The van der Waals surface area contributed by atoms with Gasteiger partial charge >= 0.3 is 0 Å². The molecule has 3 amide bonds. The van der Waals surface area contributed by atoms with E-state index in [-0.39, 0.29) is 42.7 Å². The van der Waals surface area contributed by atoms with Gasteiger partial charge in [-0.2, -0.15) is 0 Å². The molecular weight excluding hydrogens is 505 g/mol. The zero-order valence-electron chi connectivity index (χ0n) is 19.8. The van der Waals surface area contributed by atoms with Crippen LogP contribution in [0.15, 0.2) is 76.2 Å². The SMILES string of the molecule is COc1cccc(C(=O)N2CCN(C(=O)[C@H](NC(=O)c3ccco3)S(=O)(=O)c3ccc(F)cc3)CC2)c1. The molecule has 0 radical (unpaired) electrons. The van der Waals surface area contributed by atoms with Crippen LogP contribution in [-0.2, 0) is 14.6 Å². The molecule has 0 aliphatic carbocycles. The number of methoxy groups -OCH3 is 1. The normalized spacial score (nSPS) is 14.6. The topological polar surface area (TPSA) is 126 Å². The Morgan fingerprint density at radius 3 is 2.27 bits per heavy atom. The molecular formula is C25H24FN3O7S. The number of sulfone groups is 1. The monoisotopic (exact) mass is 529 g/mol. The summed E-state index contributed by atoms with van der Waals surface area (Å²) in [5, 5.41) is 0.253. The second-order valence-corrected chi connectivity index (χ2v) is 10.2. The molecule has 0 bridgehead atoms. The maximum absolute atomic E-state index is 13.4. The molecule has 37 heavy (non-hydrogen) atoms. The summed E-state index contributed by atoms with van der Waals surface area (Å²) in [7, 11) is -2.96. The molecule has 0 saturated carbocycles. The first-order valence-corrected chi connectivity index (χ1v) is 12.8. The summed E-state index contributed by atoms with van der Waals surface area (Å²) in [5.41, 5.74) is 0.418. The van der Waals surface area contributed by atoms with E-state index < -0.39 is 32.8 Å². The van der Waals surface area contributed by atoms with Crippen molar-refractivity contribution < 1.29 is 36.3 Å². The Kier molecular flexibility index (Phi) is 7.58. The van der Waals surface area contributed by atoms with Gasteiger partial charge in [-0.15, -0.1) is 0 Å². The van der Waals surface area contributed by atoms with E-state index in [1.54, 1.807) is 29.2 Å². The van der Waals surface area contributed by atoms with Crippen LogP contribution in [-0.4, -0.2) is 74.6 Å². The Labute approximate surface area is 212 Å². The van der Waals surface area contributed by atoms with Gasteiger partial charge < -0.3 is 24.3 Å². The predicted molar refractivity (Wildman–Crippen MR) is 129 cm³/mol. The fraction of sp³-hybridized carbons (Fsp3) is 0.240. The minimum Gasteiger partial charge on any atom is -0.497 e. The van der Waals surface area contributed by atoms with E-state index in [4.69, 9.17) is 9.15 Å². The summed E-state index contributed by atoms with van der Waals surface area (Å²) in [6, 6.07) is 13.4. The van der Waals surface area contributed by atoms with E-state index >= 15 is 0 Å². The number of benzene rings is 2. The van der Waals surface area contributed by atoms with Gasteiger partial charge in [0.15, 0.2) is 5.76 Å². The summed E-state index contributed by atoms with van der Waals surface area (Å²) >= 11 is 0. The number of ether oxygens (including phenoxy) is 1. The highest BCUT2D eigenvalue weighted by Gasteiger charge is 2.40. The van der Waals surface area contributed by atoms with Crippen molar-refractivity contribution in [2.24, 2.45) is 0 Å². The van der Waals surface area contributed by atoms with Crippen molar-refractivity contribution >= 4 is 27.6 Å². The molecule has 2 heterocycles. The van der Waals surface area contributed by atoms with Gasteiger partial charge in [-0.1, -0.05) is 6.07 Å². The van der Waals surface area contributed by atoms with Gasteiger partial charge in [-0.25, -0.2) is 12.8 Å². The molecule has 1 N–H and O–H groups in total. The number of nitrogens with one attached hydrogen (secondary N) is 1. The molecule has 4 rings (SSSR count). The van der Waals surface area contributed by atoms with Crippen LogP contribution >= 0.6 is 0 Å². The molecule has 1 aliphatic heterocycles. The van der Waals surface area contributed by atoms with Crippen molar-refractivity contribution in [3.8, 4) is 5.75 Å². The minimum absolute atomic E-state index is 0.0423. The maximum Gasteiger partial charge on any atom is 0.288 e. The molecule has 1 fully saturated rings.